The summed E-state index contributed by atoms with van der Waals surface area (Å²) in [5.41, 5.74) is -0.255. The summed E-state index contributed by atoms with van der Waals surface area (Å²) >= 11 is 0. The van der Waals surface area contributed by atoms with Crippen molar-refractivity contribution in [3.63, 3.8) is 0 Å². The van der Waals surface area contributed by atoms with Crippen molar-refractivity contribution in [3.05, 3.63) is 67.3 Å². The van der Waals surface area contributed by atoms with Crippen LogP contribution in [0.5, 0.6) is 11.5 Å². The maximum absolute atomic E-state index is 14.8. The second kappa shape index (κ2) is 16.2. The van der Waals surface area contributed by atoms with Crippen molar-refractivity contribution >= 4 is 44.7 Å². The zero-order chi connectivity index (χ0) is 41.4. The number of nitrogens with zero attached hydrogens (tertiary/aromatic N) is 2. The number of nitrogens with one attached hydrogen (secondary N) is 3. The van der Waals surface area contributed by atoms with Crippen LogP contribution in [0, 0.1) is 11.8 Å². The van der Waals surface area contributed by atoms with Gasteiger partial charge in [-0.05, 0) is 70.9 Å². The number of likely N-dealkylation sites (tertiary alicyclic amines) is 1. The number of amides is 4. The van der Waals surface area contributed by atoms with Crippen LogP contribution in [-0.4, -0.2) is 90.3 Å². The SMILES string of the molecule is C=CC1CC1(NC(=O)C1CC(Oc2cc(-c3ccccc3)nc3cc(OC)ccc23)CN1C(=O)C(NC(=O)OC(C)(C)C)C1CCCC1)C(=O)NS(=O)(=O)C1CCC1. The molecule has 3 saturated carbocycles. The summed E-state index contributed by atoms with van der Waals surface area (Å²) in [7, 11) is -2.37. The van der Waals surface area contributed by atoms with E-state index in [0.29, 0.717) is 53.8 Å². The molecule has 3 aliphatic carbocycles. The molecule has 58 heavy (non-hydrogen) atoms. The third-order valence-corrected chi connectivity index (χ3v) is 13.6. The minimum Gasteiger partial charge on any atom is -0.497 e. The summed E-state index contributed by atoms with van der Waals surface area (Å²) in [4.78, 5) is 62.6. The average molecular weight is 816 g/mol. The minimum absolute atomic E-state index is 0.0169. The zero-order valence-corrected chi connectivity index (χ0v) is 34.3. The van der Waals surface area contributed by atoms with Crippen molar-refractivity contribution < 1.29 is 41.8 Å². The van der Waals surface area contributed by atoms with E-state index in [4.69, 9.17) is 19.2 Å². The van der Waals surface area contributed by atoms with Crippen molar-refractivity contribution in [1.82, 2.24) is 25.2 Å². The molecule has 3 aromatic rings. The molecule has 310 valence electrons. The molecule has 2 aromatic carbocycles. The van der Waals surface area contributed by atoms with Gasteiger partial charge in [-0.15, -0.1) is 6.58 Å². The van der Waals surface area contributed by atoms with Crippen LogP contribution in [0.2, 0.25) is 0 Å². The van der Waals surface area contributed by atoms with Crippen molar-refractivity contribution in [2.75, 3.05) is 13.7 Å². The quantitative estimate of drug-likeness (QED) is 0.189. The first-order valence-electron chi connectivity index (χ1n) is 20.1. The number of pyridine rings is 1. The number of ether oxygens (including phenoxy) is 3. The summed E-state index contributed by atoms with van der Waals surface area (Å²) in [6.07, 6.45) is 5.10. The second-order valence-electron chi connectivity index (χ2n) is 16.9. The van der Waals surface area contributed by atoms with Gasteiger partial charge in [-0.3, -0.25) is 19.1 Å². The van der Waals surface area contributed by atoms with Gasteiger partial charge in [0.1, 0.15) is 40.8 Å². The number of aromatic nitrogens is 1. The predicted octanol–water partition coefficient (Wildman–Crippen LogP) is 5.40. The van der Waals surface area contributed by atoms with E-state index in [1.807, 2.05) is 48.5 Å². The first-order valence-corrected chi connectivity index (χ1v) is 21.7. The molecule has 4 amide bonds. The lowest BCUT2D eigenvalue weighted by Crippen LogP contribution is -2.59. The van der Waals surface area contributed by atoms with Gasteiger partial charge in [-0.1, -0.05) is 55.7 Å². The van der Waals surface area contributed by atoms with Gasteiger partial charge in [-0.2, -0.15) is 0 Å². The van der Waals surface area contributed by atoms with Crippen LogP contribution in [0.15, 0.2) is 67.3 Å². The van der Waals surface area contributed by atoms with E-state index in [9.17, 15) is 27.6 Å². The Bertz CT molecular complexity index is 2180. The molecule has 15 heteroatoms. The molecule has 0 bridgehead atoms. The van der Waals surface area contributed by atoms with Crippen LogP contribution in [0.1, 0.15) is 78.6 Å². The fourth-order valence-corrected chi connectivity index (χ4v) is 9.88. The molecule has 3 N–H and O–H groups in total. The molecular weight excluding hydrogens is 763 g/mol. The zero-order valence-electron chi connectivity index (χ0n) is 33.5. The Hall–Kier alpha value is -5.18. The Kier molecular flexibility index (Phi) is 11.5. The van der Waals surface area contributed by atoms with Crippen LogP contribution in [-0.2, 0) is 29.1 Å². The van der Waals surface area contributed by atoms with Crippen LogP contribution >= 0.6 is 0 Å². The maximum atomic E-state index is 14.8. The molecule has 0 radical (unpaired) electrons. The van der Waals surface area contributed by atoms with Gasteiger partial charge in [-0.25, -0.2) is 18.2 Å². The Balaban J connectivity index is 1.21. The number of rotatable bonds is 13. The fraction of sp³-hybridized carbons (Fsp3) is 0.512. The second-order valence-corrected chi connectivity index (χ2v) is 18.9. The van der Waals surface area contributed by atoms with E-state index in [1.54, 1.807) is 33.9 Å². The van der Waals surface area contributed by atoms with Crippen molar-refractivity contribution in [3.8, 4) is 22.8 Å². The molecule has 14 nitrogen and oxygen atoms in total. The molecule has 2 heterocycles. The highest BCUT2D eigenvalue weighted by atomic mass is 32.2. The lowest BCUT2D eigenvalue weighted by atomic mass is 9.96. The van der Waals surface area contributed by atoms with E-state index in [2.05, 4.69) is 21.9 Å². The standard InChI is InChI=1S/C43H53N5O9S/c1-6-28-24-43(28,40(51)47-58(53,54)31-17-12-18-31)46-38(49)35-22-30(25-48(35)39(50)37(27-15-10-11-16-27)45-41(52)57-42(2,3)4)56-36-23-33(26-13-8-7-9-14-26)44-34-21-29(55-5)19-20-32(34)36/h6-9,13-14,19-21,23,27-28,30-31,35,37H,1,10-12,15-18,22,24-25H2,2-5H3,(H,45,52)(H,46,49)(H,47,51). The number of carbonyl (C=O) groups excluding carboxylic acids is 4. The largest absolute Gasteiger partial charge is 0.497 e. The van der Waals surface area contributed by atoms with Gasteiger partial charge in [0.15, 0.2) is 0 Å². The maximum Gasteiger partial charge on any atom is 0.408 e. The van der Waals surface area contributed by atoms with Gasteiger partial charge < -0.3 is 29.7 Å². The van der Waals surface area contributed by atoms with Crippen molar-refractivity contribution in [2.45, 2.75) is 113 Å². The van der Waals surface area contributed by atoms with Crippen LogP contribution in [0.3, 0.4) is 0 Å². The number of benzene rings is 2. The predicted molar refractivity (Wildman–Crippen MR) is 217 cm³/mol. The number of carbonyl (C=O) groups is 4. The van der Waals surface area contributed by atoms with Gasteiger partial charge in [0, 0.05) is 35.4 Å². The summed E-state index contributed by atoms with van der Waals surface area (Å²) in [5.74, 6) is -1.57. The Morgan fingerprint density at radius 1 is 1.00 bits per heavy atom. The van der Waals surface area contributed by atoms with E-state index >= 15 is 0 Å². The first-order chi connectivity index (χ1) is 27.6. The number of alkyl carbamates (subject to hydrolysis) is 1. The highest BCUT2D eigenvalue weighted by Gasteiger charge is 2.62. The lowest BCUT2D eigenvalue weighted by molar-refractivity contribution is -0.142. The van der Waals surface area contributed by atoms with Crippen molar-refractivity contribution in [2.24, 2.45) is 11.8 Å². The number of sulfonamides is 1. The Morgan fingerprint density at radius 3 is 2.34 bits per heavy atom. The molecule has 4 fully saturated rings. The Morgan fingerprint density at radius 2 is 1.72 bits per heavy atom. The number of hydrogen-bond acceptors (Lipinski definition) is 10. The smallest absolute Gasteiger partial charge is 0.408 e. The Labute approximate surface area is 339 Å². The molecule has 7 rings (SSSR count). The molecule has 5 unspecified atom stereocenters. The molecule has 0 spiro atoms. The normalized spacial score (nSPS) is 24.0. The summed E-state index contributed by atoms with van der Waals surface area (Å²) in [6.45, 7) is 9.02. The summed E-state index contributed by atoms with van der Waals surface area (Å²) in [6, 6.07) is 14.8. The van der Waals surface area contributed by atoms with Crippen molar-refractivity contribution in [1.29, 1.82) is 0 Å². The van der Waals surface area contributed by atoms with Crippen LogP contribution in [0.4, 0.5) is 4.79 Å². The topological polar surface area (TPSA) is 182 Å². The van der Waals surface area contributed by atoms with Crippen LogP contribution < -0.4 is 24.8 Å². The van der Waals surface area contributed by atoms with Gasteiger partial charge >= 0.3 is 6.09 Å². The van der Waals surface area contributed by atoms with Gasteiger partial charge in [0.2, 0.25) is 21.8 Å². The van der Waals surface area contributed by atoms with Gasteiger partial charge in [0.25, 0.3) is 5.91 Å². The van der Waals surface area contributed by atoms with E-state index in [-0.39, 0.29) is 25.3 Å². The fourth-order valence-electron chi connectivity index (χ4n) is 8.32. The van der Waals surface area contributed by atoms with E-state index in [1.165, 1.54) is 11.0 Å². The summed E-state index contributed by atoms with van der Waals surface area (Å²) < 4.78 is 46.1. The number of methoxy groups -OCH3 is 1. The molecule has 1 aromatic heterocycles. The van der Waals surface area contributed by atoms with E-state index in [0.717, 1.165) is 24.8 Å². The third-order valence-electron chi connectivity index (χ3n) is 11.8. The minimum atomic E-state index is -3.95. The van der Waals surface area contributed by atoms with Crippen LogP contribution in [0.25, 0.3) is 22.2 Å². The molecule has 1 saturated heterocycles. The number of hydrogen-bond donors (Lipinski definition) is 3. The van der Waals surface area contributed by atoms with E-state index < -0.39 is 74.3 Å². The molecule has 1 aliphatic heterocycles. The molecule has 4 aliphatic rings. The highest BCUT2D eigenvalue weighted by Crippen LogP contribution is 2.46. The first kappa shape index (κ1) is 41.0. The highest BCUT2D eigenvalue weighted by molar-refractivity contribution is 7.90. The third kappa shape index (κ3) is 8.64. The average Bonchev–Trinajstić information content (AvgIpc) is 3.43. The number of fused-ring (bicyclic) bond motifs is 1. The summed E-state index contributed by atoms with van der Waals surface area (Å²) in [5, 5.41) is 5.72. The molecular formula is C43H53N5O9S. The van der Waals surface area contributed by atoms with Gasteiger partial charge in [0.05, 0.1) is 30.1 Å². The monoisotopic (exact) mass is 815 g/mol. The molecule has 5 atom stereocenters. The lowest BCUT2D eigenvalue weighted by Gasteiger charge is -2.32.